The number of nitrogens with one attached hydrogen (secondary N) is 1. The van der Waals surface area contributed by atoms with Gasteiger partial charge in [-0.15, -0.1) is 11.3 Å². The lowest BCUT2D eigenvalue weighted by atomic mass is 9.88. The van der Waals surface area contributed by atoms with Crippen LogP contribution in [0.5, 0.6) is 0 Å². The summed E-state index contributed by atoms with van der Waals surface area (Å²) in [4.78, 5) is 10.8. The molecule has 0 fully saturated rings. The van der Waals surface area contributed by atoms with Crippen LogP contribution in [0.25, 0.3) is 0 Å². The fraction of sp³-hybridized carbons (Fsp3) is 0.333. The Labute approximate surface area is 199 Å². The Hall–Kier alpha value is -3.12. The first-order valence-electron chi connectivity index (χ1n) is 11.4. The minimum atomic E-state index is 0.0683. The number of aliphatic imine (C=N–C) groups is 2. The van der Waals surface area contributed by atoms with Gasteiger partial charge < -0.3 is 14.8 Å². The van der Waals surface area contributed by atoms with Crippen molar-refractivity contribution in [3.8, 4) is 0 Å². The molecule has 0 radical (unpaired) electrons. The largest absolute Gasteiger partial charge is 0.475 e. The molecule has 170 valence electrons. The van der Waals surface area contributed by atoms with Gasteiger partial charge in [-0.3, -0.25) is 0 Å². The number of hydrogen-bond acceptors (Lipinski definition) is 6. The summed E-state index contributed by atoms with van der Waals surface area (Å²) in [6, 6.07) is 21.0. The molecule has 2 aliphatic heterocycles. The van der Waals surface area contributed by atoms with E-state index in [4.69, 9.17) is 19.5 Å². The second-order valence-electron chi connectivity index (χ2n) is 9.55. The SMILES string of the molecule is CC(C)(C)[C@H]1COC(c2ccccc2Nc2ccsc2C2=N[C@@H](Cc3ccccc3)CO2)=N1. The predicted molar refractivity (Wildman–Crippen MR) is 136 cm³/mol. The molecule has 3 aromatic rings. The van der Waals surface area contributed by atoms with Crippen LogP contribution in [0.3, 0.4) is 0 Å². The molecule has 33 heavy (non-hydrogen) atoms. The minimum absolute atomic E-state index is 0.0683. The monoisotopic (exact) mass is 459 g/mol. The molecular weight excluding hydrogens is 430 g/mol. The molecule has 0 saturated carbocycles. The van der Waals surface area contributed by atoms with E-state index in [1.54, 1.807) is 11.3 Å². The molecule has 0 spiro atoms. The van der Waals surface area contributed by atoms with Gasteiger partial charge in [-0.2, -0.15) is 0 Å². The summed E-state index contributed by atoms with van der Waals surface area (Å²) in [5.74, 6) is 1.42. The Kier molecular flexibility index (Phi) is 5.94. The number of thiophene rings is 1. The number of rotatable bonds is 6. The van der Waals surface area contributed by atoms with Gasteiger partial charge in [0.2, 0.25) is 11.8 Å². The average molecular weight is 460 g/mol. The topological polar surface area (TPSA) is 55.2 Å². The molecule has 0 aliphatic carbocycles. The minimum Gasteiger partial charge on any atom is -0.475 e. The van der Waals surface area contributed by atoms with Gasteiger partial charge in [-0.25, -0.2) is 9.98 Å². The second kappa shape index (κ2) is 9.02. The van der Waals surface area contributed by atoms with Gasteiger partial charge in [0.05, 0.1) is 29.0 Å². The van der Waals surface area contributed by atoms with Crippen molar-refractivity contribution in [3.63, 3.8) is 0 Å². The first-order valence-corrected chi connectivity index (χ1v) is 12.2. The maximum absolute atomic E-state index is 6.01. The number of para-hydroxylation sites is 1. The molecule has 5 rings (SSSR count). The molecule has 1 N–H and O–H groups in total. The molecular formula is C27H29N3O2S. The molecule has 0 amide bonds. The van der Waals surface area contributed by atoms with E-state index >= 15 is 0 Å². The predicted octanol–water partition coefficient (Wildman–Crippen LogP) is 6.07. The Morgan fingerprint density at radius 3 is 2.42 bits per heavy atom. The first kappa shape index (κ1) is 21.7. The smallest absolute Gasteiger partial charge is 0.229 e. The number of nitrogens with zero attached hydrogens (tertiary/aromatic N) is 2. The van der Waals surface area contributed by atoms with Crippen molar-refractivity contribution in [2.45, 2.75) is 39.3 Å². The van der Waals surface area contributed by atoms with Gasteiger partial charge in [0.15, 0.2) is 0 Å². The van der Waals surface area contributed by atoms with Crippen molar-refractivity contribution >= 4 is 34.5 Å². The Balaban J connectivity index is 1.36. The van der Waals surface area contributed by atoms with Crippen LogP contribution in [0, 0.1) is 5.41 Å². The van der Waals surface area contributed by atoms with E-state index in [-0.39, 0.29) is 17.5 Å². The number of ether oxygens (including phenoxy) is 2. The normalized spacial score (nSPS) is 20.1. The number of benzene rings is 2. The van der Waals surface area contributed by atoms with E-state index in [9.17, 15) is 0 Å². The molecule has 6 heteroatoms. The molecule has 3 heterocycles. The Morgan fingerprint density at radius 2 is 1.64 bits per heavy atom. The molecule has 0 bridgehead atoms. The van der Waals surface area contributed by atoms with Crippen LogP contribution in [0.15, 0.2) is 76.0 Å². The highest BCUT2D eigenvalue weighted by Crippen LogP contribution is 2.33. The molecule has 2 aliphatic rings. The van der Waals surface area contributed by atoms with Crippen LogP contribution in [0.4, 0.5) is 11.4 Å². The fourth-order valence-corrected chi connectivity index (χ4v) is 4.79. The van der Waals surface area contributed by atoms with E-state index in [2.05, 4.69) is 73.9 Å². The van der Waals surface area contributed by atoms with Gasteiger partial charge >= 0.3 is 0 Å². The third-order valence-electron chi connectivity index (χ3n) is 5.96. The third kappa shape index (κ3) is 4.81. The van der Waals surface area contributed by atoms with Gasteiger partial charge in [0, 0.05) is 0 Å². The highest BCUT2D eigenvalue weighted by molar-refractivity contribution is 7.12. The lowest BCUT2D eigenvalue weighted by Gasteiger charge is -2.21. The van der Waals surface area contributed by atoms with E-state index in [0.717, 1.165) is 28.2 Å². The van der Waals surface area contributed by atoms with Crippen LogP contribution in [-0.4, -0.2) is 37.1 Å². The molecule has 5 nitrogen and oxygen atoms in total. The summed E-state index contributed by atoms with van der Waals surface area (Å²) in [6.07, 6.45) is 0.882. The van der Waals surface area contributed by atoms with Crippen LogP contribution >= 0.6 is 11.3 Å². The van der Waals surface area contributed by atoms with Crippen LogP contribution in [0.2, 0.25) is 0 Å². The van der Waals surface area contributed by atoms with Crippen molar-refractivity contribution < 1.29 is 9.47 Å². The average Bonchev–Trinajstić information content (AvgIpc) is 3.55. The molecule has 2 aromatic carbocycles. The second-order valence-corrected chi connectivity index (χ2v) is 10.5. The van der Waals surface area contributed by atoms with Crippen LogP contribution in [-0.2, 0) is 15.9 Å². The molecule has 0 unspecified atom stereocenters. The quantitative estimate of drug-likeness (QED) is 0.487. The summed E-state index contributed by atoms with van der Waals surface area (Å²) >= 11 is 1.64. The zero-order chi connectivity index (χ0) is 22.8. The van der Waals surface area contributed by atoms with Gasteiger partial charge in [0.1, 0.15) is 18.1 Å². The van der Waals surface area contributed by atoms with Crippen molar-refractivity contribution in [3.05, 3.63) is 82.0 Å². The Bertz CT molecular complexity index is 1180. The van der Waals surface area contributed by atoms with Crippen molar-refractivity contribution in [1.82, 2.24) is 0 Å². The van der Waals surface area contributed by atoms with Gasteiger partial charge in [0.25, 0.3) is 0 Å². The van der Waals surface area contributed by atoms with Crippen molar-refractivity contribution in [1.29, 1.82) is 0 Å². The number of anilines is 2. The molecule has 1 aromatic heterocycles. The van der Waals surface area contributed by atoms with E-state index < -0.39 is 0 Å². The number of hydrogen-bond donors (Lipinski definition) is 1. The van der Waals surface area contributed by atoms with Crippen molar-refractivity contribution in [2.24, 2.45) is 15.4 Å². The Morgan fingerprint density at radius 1 is 0.879 bits per heavy atom. The maximum Gasteiger partial charge on any atom is 0.229 e. The zero-order valence-corrected chi connectivity index (χ0v) is 20.1. The first-order chi connectivity index (χ1) is 16.0. The van der Waals surface area contributed by atoms with Gasteiger partial charge in [-0.05, 0) is 41.0 Å². The summed E-state index contributed by atoms with van der Waals surface area (Å²) in [7, 11) is 0. The highest BCUT2D eigenvalue weighted by atomic mass is 32.1. The fourth-order valence-electron chi connectivity index (χ4n) is 3.99. The molecule has 0 saturated heterocycles. The van der Waals surface area contributed by atoms with E-state index in [1.165, 1.54) is 5.56 Å². The standard InChI is InChI=1S/C27H29N3O2S/c1-27(2,3)23-17-32-25(30-23)20-11-7-8-12-21(20)29-22-13-14-33-24(22)26-28-19(16-31-26)15-18-9-5-4-6-10-18/h4-14,19,23,29H,15-17H2,1-3H3/t19-,23+/m0/s1. The van der Waals surface area contributed by atoms with Gasteiger partial charge in [-0.1, -0.05) is 63.2 Å². The third-order valence-corrected chi connectivity index (χ3v) is 6.87. The molecule has 2 atom stereocenters. The maximum atomic E-state index is 6.01. The zero-order valence-electron chi connectivity index (χ0n) is 19.2. The van der Waals surface area contributed by atoms with E-state index in [0.29, 0.717) is 25.0 Å². The lowest BCUT2D eigenvalue weighted by molar-refractivity contribution is 0.236. The highest BCUT2D eigenvalue weighted by Gasteiger charge is 2.31. The van der Waals surface area contributed by atoms with E-state index in [1.807, 2.05) is 18.2 Å². The summed E-state index contributed by atoms with van der Waals surface area (Å²) in [5, 5.41) is 5.65. The summed E-state index contributed by atoms with van der Waals surface area (Å²) in [6.45, 7) is 7.81. The van der Waals surface area contributed by atoms with Crippen LogP contribution < -0.4 is 5.32 Å². The van der Waals surface area contributed by atoms with Crippen molar-refractivity contribution in [2.75, 3.05) is 18.5 Å². The van der Waals surface area contributed by atoms with Crippen LogP contribution in [0.1, 0.15) is 36.8 Å². The summed E-state index contributed by atoms with van der Waals surface area (Å²) < 4.78 is 12.0. The summed E-state index contributed by atoms with van der Waals surface area (Å²) in [5.41, 5.74) is 4.26. The lowest BCUT2D eigenvalue weighted by Crippen LogP contribution is -2.25.